The van der Waals surface area contributed by atoms with Gasteiger partial charge in [0.15, 0.2) is 5.82 Å². The first kappa shape index (κ1) is 32.5. The summed E-state index contributed by atoms with van der Waals surface area (Å²) in [4.78, 5) is 32.4. The first-order valence-electron chi connectivity index (χ1n) is 14.4. The molecule has 0 aliphatic carbocycles. The van der Waals surface area contributed by atoms with E-state index in [0.29, 0.717) is 39.3 Å². The van der Waals surface area contributed by atoms with Crippen LogP contribution in [0.25, 0.3) is 16.8 Å². The molecule has 244 valence electrons. The Balaban J connectivity index is 1.39. The Bertz CT molecular complexity index is 1600. The largest absolute Gasteiger partial charge is 0.426 e. The number of hydrogen-bond acceptors (Lipinski definition) is 7. The molecule has 0 radical (unpaired) electrons. The fourth-order valence-electron chi connectivity index (χ4n) is 5.94. The Hall–Kier alpha value is -3.92. The van der Waals surface area contributed by atoms with Crippen molar-refractivity contribution in [2.75, 3.05) is 31.9 Å². The van der Waals surface area contributed by atoms with Crippen molar-refractivity contribution in [3.63, 3.8) is 0 Å². The van der Waals surface area contributed by atoms with Crippen LogP contribution >= 0.6 is 0 Å². The highest BCUT2D eigenvalue weighted by Crippen LogP contribution is 2.36. The monoisotopic (exact) mass is 641 g/mol. The number of fused-ring (bicyclic) bond motifs is 1. The highest BCUT2D eigenvalue weighted by atomic mass is 19.4. The predicted octanol–water partition coefficient (Wildman–Crippen LogP) is 3.50. The number of benzene rings is 1. The van der Waals surface area contributed by atoms with Crippen LogP contribution in [0.5, 0.6) is 0 Å². The number of aliphatic hydroxyl groups is 1. The molecule has 1 aromatic carbocycles. The normalized spacial score (nSPS) is 22.0. The van der Waals surface area contributed by atoms with Crippen LogP contribution in [0, 0.1) is 6.92 Å². The number of amides is 2. The van der Waals surface area contributed by atoms with Crippen LogP contribution < -0.4 is 11.1 Å². The van der Waals surface area contributed by atoms with E-state index < -0.39 is 61.2 Å². The molecule has 1 unspecified atom stereocenters. The second-order valence-electron chi connectivity index (χ2n) is 11.6. The second-order valence-corrected chi connectivity index (χ2v) is 11.6. The van der Waals surface area contributed by atoms with Gasteiger partial charge in [-0.1, -0.05) is 19.1 Å². The van der Waals surface area contributed by atoms with E-state index in [-0.39, 0.29) is 37.3 Å². The summed E-state index contributed by atoms with van der Waals surface area (Å²) in [5, 5.41) is 16.8. The second kappa shape index (κ2) is 11.8. The molecular weight excluding hydrogens is 608 g/mol. The summed E-state index contributed by atoms with van der Waals surface area (Å²) in [5.41, 5.74) is 5.42. The number of rotatable bonds is 7. The molecule has 5 rings (SSSR count). The minimum atomic E-state index is -5.26. The Morgan fingerprint density at radius 1 is 1.18 bits per heavy atom. The third-order valence-corrected chi connectivity index (χ3v) is 8.68. The third kappa shape index (κ3) is 6.04. The van der Waals surface area contributed by atoms with Crippen LogP contribution in [0.2, 0.25) is 0 Å². The Morgan fingerprint density at radius 3 is 2.51 bits per heavy atom. The summed E-state index contributed by atoms with van der Waals surface area (Å²) in [5.74, 6) is -4.93. The third-order valence-electron chi connectivity index (χ3n) is 8.68. The van der Waals surface area contributed by atoms with Gasteiger partial charge in [0, 0.05) is 50.1 Å². The van der Waals surface area contributed by atoms with Crippen molar-refractivity contribution in [3.05, 3.63) is 47.3 Å². The molecule has 16 heteroatoms. The van der Waals surface area contributed by atoms with Crippen LogP contribution in [-0.2, 0) is 11.3 Å². The van der Waals surface area contributed by atoms with Gasteiger partial charge < -0.3 is 21.1 Å². The van der Waals surface area contributed by atoms with E-state index >= 15 is 0 Å². The minimum Gasteiger partial charge on any atom is -0.382 e. The summed E-state index contributed by atoms with van der Waals surface area (Å²) in [6, 6.07) is 5.30. The summed E-state index contributed by atoms with van der Waals surface area (Å²) in [6.07, 6.45) is -7.35. The van der Waals surface area contributed by atoms with Gasteiger partial charge in [-0.2, -0.15) is 18.3 Å². The zero-order valence-corrected chi connectivity index (χ0v) is 24.5. The minimum absolute atomic E-state index is 0.140. The van der Waals surface area contributed by atoms with Crippen molar-refractivity contribution in [1.82, 2.24) is 29.7 Å². The molecule has 2 aliphatic rings. The molecule has 10 nitrogen and oxygen atoms in total. The SMILES string of the molecule is CCC(O)(C(=O)N1C[C@H](F)[C@H](NC(=O)c2cccc(-c3cc(CN4CCC(F)(F)CC4)c4c(N)ncnn34)c2C)C1)C(F)(F)F. The van der Waals surface area contributed by atoms with Gasteiger partial charge in [-0.15, -0.1) is 0 Å². The van der Waals surface area contributed by atoms with E-state index in [4.69, 9.17) is 5.73 Å². The quantitative estimate of drug-likeness (QED) is 0.337. The zero-order chi connectivity index (χ0) is 32.9. The van der Waals surface area contributed by atoms with E-state index in [1.54, 1.807) is 29.6 Å². The van der Waals surface area contributed by atoms with Crippen molar-refractivity contribution in [1.29, 1.82) is 0 Å². The molecule has 2 aliphatic heterocycles. The number of carbonyl (C=O) groups excluding carboxylic acids is 2. The van der Waals surface area contributed by atoms with Gasteiger partial charge in [0.2, 0.25) is 5.60 Å². The maximum absolute atomic E-state index is 14.9. The van der Waals surface area contributed by atoms with Gasteiger partial charge in [0.05, 0.1) is 18.3 Å². The van der Waals surface area contributed by atoms with Gasteiger partial charge in [-0.25, -0.2) is 22.7 Å². The smallest absolute Gasteiger partial charge is 0.382 e. The van der Waals surface area contributed by atoms with E-state index in [0.717, 1.165) is 6.92 Å². The molecule has 3 aromatic rings. The first-order valence-corrected chi connectivity index (χ1v) is 14.4. The number of anilines is 1. The highest BCUT2D eigenvalue weighted by Gasteiger charge is 2.60. The number of nitrogens with two attached hydrogens (primary N) is 1. The lowest BCUT2D eigenvalue weighted by molar-refractivity contribution is -0.256. The first-order chi connectivity index (χ1) is 21.1. The maximum atomic E-state index is 14.9. The lowest BCUT2D eigenvalue weighted by atomic mass is 9.98. The molecule has 4 N–H and O–H groups in total. The van der Waals surface area contributed by atoms with Crippen molar-refractivity contribution < 1.29 is 41.0 Å². The van der Waals surface area contributed by atoms with Crippen molar-refractivity contribution in [2.45, 2.75) is 69.6 Å². The van der Waals surface area contributed by atoms with Gasteiger partial charge in [0.25, 0.3) is 17.7 Å². The summed E-state index contributed by atoms with van der Waals surface area (Å²) in [6.45, 7) is 2.06. The van der Waals surface area contributed by atoms with Gasteiger partial charge in [-0.05, 0) is 36.6 Å². The summed E-state index contributed by atoms with van der Waals surface area (Å²) < 4.78 is 84.2. The number of alkyl halides is 6. The molecule has 45 heavy (non-hydrogen) atoms. The average Bonchev–Trinajstić information content (AvgIpc) is 3.53. The van der Waals surface area contributed by atoms with Crippen LogP contribution in [0.3, 0.4) is 0 Å². The van der Waals surface area contributed by atoms with Crippen LogP contribution in [-0.4, -0.2) is 97.4 Å². The molecule has 0 saturated carbocycles. The molecule has 3 atom stereocenters. The van der Waals surface area contributed by atoms with Crippen molar-refractivity contribution >= 4 is 23.1 Å². The van der Waals surface area contributed by atoms with Crippen LogP contribution in [0.4, 0.5) is 32.2 Å². The van der Waals surface area contributed by atoms with Crippen molar-refractivity contribution in [2.24, 2.45) is 0 Å². The fraction of sp³-hybridized carbons (Fsp3) is 0.517. The summed E-state index contributed by atoms with van der Waals surface area (Å²) in [7, 11) is 0. The van der Waals surface area contributed by atoms with E-state index in [1.165, 1.54) is 12.4 Å². The number of likely N-dealkylation sites (tertiary alicyclic amines) is 2. The molecule has 2 saturated heterocycles. The lowest BCUT2D eigenvalue weighted by Crippen LogP contribution is -2.57. The fourth-order valence-corrected chi connectivity index (χ4v) is 5.94. The average molecular weight is 642 g/mol. The Morgan fingerprint density at radius 2 is 1.87 bits per heavy atom. The number of halogens is 6. The van der Waals surface area contributed by atoms with Crippen LogP contribution in [0.1, 0.15) is 47.7 Å². The topological polar surface area (TPSA) is 129 Å². The Labute approximate surface area is 254 Å². The number of nitrogens with one attached hydrogen (secondary N) is 1. The molecule has 0 bridgehead atoms. The molecular formula is C29H33F6N7O3. The maximum Gasteiger partial charge on any atom is 0.426 e. The predicted molar refractivity (Wildman–Crippen MR) is 151 cm³/mol. The summed E-state index contributed by atoms with van der Waals surface area (Å²) >= 11 is 0. The highest BCUT2D eigenvalue weighted by molar-refractivity contribution is 5.98. The number of carbonyl (C=O) groups is 2. The molecule has 4 heterocycles. The molecule has 2 aromatic heterocycles. The van der Waals surface area contributed by atoms with Gasteiger partial charge in [0.1, 0.15) is 18.0 Å². The number of nitrogens with zero attached hydrogens (tertiary/aromatic N) is 5. The zero-order valence-electron chi connectivity index (χ0n) is 24.5. The number of piperidine rings is 1. The van der Waals surface area contributed by atoms with Crippen molar-refractivity contribution in [3.8, 4) is 11.3 Å². The van der Waals surface area contributed by atoms with E-state index in [9.17, 15) is 41.0 Å². The Kier molecular flexibility index (Phi) is 8.50. The molecule has 0 spiro atoms. The van der Waals surface area contributed by atoms with E-state index in [2.05, 4.69) is 15.4 Å². The number of nitrogen functional groups attached to an aromatic ring is 1. The van der Waals surface area contributed by atoms with Gasteiger partial charge in [-0.3, -0.25) is 14.5 Å². The molecule has 2 amide bonds. The van der Waals surface area contributed by atoms with Crippen LogP contribution in [0.15, 0.2) is 30.6 Å². The lowest BCUT2D eigenvalue weighted by Gasteiger charge is -2.31. The number of hydrogen-bond donors (Lipinski definition) is 3. The standard InChI is InChI=1S/C29H33F6N7O3/c1-3-28(45,29(33,34)35)26(44)41-13-20(30)21(14-41)39-25(43)19-6-4-5-18(16(19)2)22-11-17(23-24(36)37-15-38-42(22)23)12-40-9-7-27(31,32)8-10-40/h4-6,11,15,20-21,45H,3,7-10,12-14H2,1-2H3,(H,39,43)(H2,36,37,38)/t20-,21+,28?/m0/s1. The van der Waals surface area contributed by atoms with E-state index in [1.807, 2.05) is 4.90 Å². The molecule has 2 fully saturated rings. The number of aromatic nitrogens is 3. The van der Waals surface area contributed by atoms with Gasteiger partial charge >= 0.3 is 6.18 Å².